The van der Waals surface area contributed by atoms with Gasteiger partial charge in [-0.15, -0.1) is 11.3 Å². The summed E-state index contributed by atoms with van der Waals surface area (Å²) < 4.78 is 1.82. The van der Waals surface area contributed by atoms with Crippen LogP contribution in [0.15, 0.2) is 54.9 Å². The molecule has 3 rings (SSSR count). The highest BCUT2D eigenvalue weighted by Crippen LogP contribution is 2.29. The molecular formula is C15H13N3OS. The van der Waals surface area contributed by atoms with E-state index in [-0.39, 0.29) is 5.91 Å². The summed E-state index contributed by atoms with van der Waals surface area (Å²) in [5.41, 5.74) is 2.08. The largest absolute Gasteiger partial charge is 0.354 e. The molecule has 1 aromatic carbocycles. The number of thiophene rings is 1. The van der Waals surface area contributed by atoms with Gasteiger partial charge in [-0.2, -0.15) is 5.10 Å². The van der Waals surface area contributed by atoms with Crippen molar-refractivity contribution in [1.82, 2.24) is 15.1 Å². The summed E-state index contributed by atoms with van der Waals surface area (Å²) in [6.45, 7) is 0. The predicted octanol–water partition coefficient (Wildman–Crippen LogP) is 2.96. The topological polar surface area (TPSA) is 46.9 Å². The molecule has 4 nitrogen and oxygen atoms in total. The number of hydrogen-bond donors (Lipinski definition) is 1. The van der Waals surface area contributed by atoms with Crippen molar-refractivity contribution < 1.29 is 4.79 Å². The van der Waals surface area contributed by atoms with E-state index in [0.29, 0.717) is 4.88 Å². The van der Waals surface area contributed by atoms with Crippen molar-refractivity contribution in [3.05, 3.63) is 59.7 Å². The van der Waals surface area contributed by atoms with Crippen LogP contribution in [0.2, 0.25) is 0 Å². The molecule has 0 saturated heterocycles. The minimum Gasteiger partial charge on any atom is -0.354 e. The summed E-state index contributed by atoms with van der Waals surface area (Å²) >= 11 is 1.48. The molecule has 0 aliphatic carbocycles. The van der Waals surface area contributed by atoms with Crippen LogP contribution in [-0.4, -0.2) is 22.7 Å². The van der Waals surface area contributed by atoms with E-state index in [9.17, 15) is 4.79 Å². The molecule has 1 amide bonds. The maximum absolute atomic E-state index is 11.6. The van der Waals surface area contributed by atoms with Crippen LogP contribution in [0.5, 0.6) is 0 Å². The predicted molar refractivity (Wildman–Crippen MR) is 80.3 cm³/mol. The molecule has 3 aromatic rings. The fourth-order valence-electron chi connectivity index (χ4n) is 1.96. The van der Waals surface area contributed by atoms with E-state index in [1.54, 1.807) is 13.2 Å². The first-order valence-corrected chi connectivity index (χ1v) is 7.02. The number of carbonyl (C=O) groups excluding carboxylic acids is 1. The second-order valence-corrected chi connectivity index (χ2v) is 5.33. The van der Waals surface area contributed by atoms with Gasteiger partial charge in [-0.1, -0.05) is 12.1 Å². The first-order valence-electron chi connectivity index (χ1n) is 6.20. The van der Waals surface area contributed by atoms with Crippen molar-refractivity contribution in [2.75, 3.05) is 7.05 Å². The second-order valence-electron chi connectivity index (χ2n) is 4.24. The maximum atomic E-state index is 11.6. The number of amides is 1. The van der Waals surface area contributed by atoms with Gasteiger partial charge < -0.3 is 5.32 Å². The van der Waals surface area contributed by atoms with Gasteiger partial charge in [0.2, 0.25) is 0 Å². The summed E-state index contributed by atoms with van der Waals surface area (Å²) in [6.07, 6.45) is 3.66. The molecule has 5 heteroatoms. The molecule has 0 aliphatic heterocycles. The van der Waals surface area contributed by atoms with Crippen molar-refractivity contribution >= 4 is 17.2 Å². The quantitative estimate of drug-likeness (QED) is 0.803. The third kappa shape index (κ3) is 2.35. The molecule has 1 N–H and O–H groups in total. The molecule has 2 heterocycles. The highest BCUT2D eigenvalue weighted by atomic mass is 32.1. The number of rotatable bonds is 3. The van der Waals surface area contributed by atoms with E-state index >= 15 is 0 Å². The lowest BCUT2D eigenvalue weighted by atomic mass is 10.1. The number of benzene rings is 1. The van der Waals surface area contributed by atoms with Gasteiger partial charge in [-0.05, 0) is 35.9 Å². The normalized spacial score (nSPS) is 10.4. The fourth-order valence-corrected chi connectivity index (χ4v) is 2.91. The van der Waals surface area contributed by atoms with Crippen molar-refractivity contribution in [2.45, 2.75) is 0 Å². The molecule has 0 spiro atoms. The minimum absolute atomic E-state index is 0.0514. The average molecular weight is 283 g/mol. The third-order valence-electron chi connectivity index (χ3n) is 2.96. The monoisotopic (exact) mass is 283 g/mol. The van der Waals surface area contributed by atoms with Gasteiger partial charge in [0.15, 0.2) is 0 Å². The van der Waals surface area contributed by atoms with Crippen LogP contribution in [-0.2, 0) is 0 Å². The Labute approximate surface area is 120 Å². The van der Waals surface area contributed by atoms with Crippen molar-refractivity contribution in [3.8, 4) is 16.1 Å². The van der Waals surface area contributed by atoms with Gasteiger partial charge >= 0.3 is 0 Å². The zero-order valence-electron chi connectivity index (χ0n) is 10.9. The van der Waals surface area contributed by atoms with E-state index in [2.05, 4.69) is 16.5 Å². The van der Waals surface area contributed by atoms with Crippen LogP contribution in [0, 0.1) is 0 Å². The van der Waals surface area contributed by atoms with Gasteiger partial charge in [0.1, 0.15) is 0 Å². The highest BCUT2D eigenvalue weighted by molar-refractivity contribution is 7.17. The summed E-state index contributed by atoms with van der Waals surface area (Å²) in [4.78, 5) is 13.4. The van der Waals surface area contributed by atoms with E-state index in [1.807, 2.05) is 47.3 Å². The zero-order chi connectivity index (χ0) is 13.9. The molecule has 0 radical (unpaired) electrons. The molecule has 0 bridgehead atoms. The van der Waals surface area contributed by atoms with Gasteiger partial charge in [-0.25, -0.2) is 4.68 Å². The molecule has 0 atom stereocenters. The molecule has 100 valence electrons. The first-order chi connectivity index (χ1) is 9.78. The summed E-state index contributed by atoms with van der Waals surface area (Å²) in [5, 5.41) is 6.86. The Balaban J connectivity index is 1.96. The summed E-state index contributed by atoms with van der Waals surface area (Å²) in [7, 11) is 1.64. The molecule has 2 aromatic heterocycles. The van der Waals surface area contributed by atoms with E-state index in [4.69, 9.17) is 0 Å². The molecular weight excluding hydrogens is 270 g/mol. The number of aromatic nitrogens is 2. The van der Waals surface area contributed by atoms with Crippen LogP contribution in [0.25, 0.3) is 16.1 Å². The van der Waals surface area contributed by atoms with Crippen LogP contribution in [0.1, 0.15) is 9.67 Å². The molecule has 0 fully saturated rings. The average Bonchev–Trinajstić information content (AvgIpc) is 3.18. The Hall–Kier alpha value is -2.40. The van der Waals surface area contributed by atoms with E-state index in [1.165, 1.54) is 11.3 Å². The molecule has 20 heavy (non-hydrogen) atoms. The van der Waals surface area contributed by atoms with Crippen molar-refractivity contribution in [2.24, 2.45) is 0 Å². The Kier molecular flexibility index (Phi) is 3.35. The number of nitrogens with zero attached hydrogens (tertiary/aromatic N) is 2. The van der Waals surface area contributed by atoms with Crippen LogP contribution in [0.3, 0.4) is 0 Å². The van der Waals surface area contributed by atoms with Crippen LogP contribution < -0.4 is 5.32 Å². The Morgan fingerprint density at radius 3 is 2.90 bits per heavy atom. The van der Waals surface area contributed by atoms with Gasteiger partial charge in [0, 0.05) is 24.3 Å². The van der Waals surface area contributed by atoms with Gasteiger partial charge in [-0.3, -0.25) is 4.79 Å². The fraction of sp³-hybridized carbons (Fsp3) is 0.0667. The lowest BCUT2D eigenvalue weighted by Crippen LogP contribution is -2.15. The third-order valence-corrected chi connectivity index (χ3v) is 4.09. The van der Waals surface area contributed by atoms with Crippen LogP contribution >= 0.6 is 11.3 Å². The molecule has 0 aliphatic rings. The zero-order valence-corrected chi connectivity index (χ0v) is 11.7. The van der Waals surface area contributed by atoms with Gasteiger partial charge in [0.05, 0.1) is 10.6 Å². The maximum Gasteiger partial charge on any atom is 0.261 e. The van der Waals surface area contributed by atoms with Crippen LogP contribution in [0.4, 0.5) is 0 Å². The lowest BCUT2D eigenvalue weighted by molar-refractivity contribution is 0.0967. The molecule has 0 saturated carbocycles. The summed E-state index contributed by atoms with van der Waals surface area (Å²) in [5.74, 6) is -0.0514. The van der Waals surface area contributed by atoms with E-state index < -0.39 is 0 Å². The highest BCUT2D eigenvalue weighted by Gasteiger charge is 2.09. The van der Waals surface area contributed by atoms with Gasteiger partial charge in [0.25, 0.3) is 5.91 Å². The summed E-state index contributed by atoms with van der Waals surface area (Å²) in [6, 6.07) is 13.8. The molecule has 0 unspecified atom stereocenters. The Morgan fingerprint density at radius 1 is 1.25 bits per heavy atom. The Bertz CT molecular complexity index is 731. The minimum atomic E-state index is -0.0514. The lowest BCUT2D eigenvalue weighted by Gasteiger charge is -2.03. The van der Waals surface area contributed by atoms with E-state index in [0.717, 1.165) is 16.1 Å². The first kappa shape index (κ1) is 12.6. The standard InChI is InChI=1S/C15H13N3OS/c1-16-15(19)14-7-6-13(20-14)11-4-2-5-12(10-11)18-9-3-8-17-18/h2-10H,1H3,(H,16,19). The second kappa shape index (κ2) is 5.30. The SMILES string of the molecule is CNC(=O)c1ccc(-c2cccc(-n3cccn3)c2)s1. The van der Waals surface area contributed by atoms with Crippen molar-refractivity contribution in [3.63, 3.8) is 0 Å². The number of nitrogens with one attached hydrogen (secondary N) is 1. The number of hydrogen-bond acceptors (Lipinski definition) is 3. The number of carbonyl (C=O) groups is 1. The van der Waals surface area contributed by atoms with Crippen molar-refractivity contribution in [1.29, 1.82) is 0 Å². The smallest absolute Gasteiger partial charge is 0.261 e. The Morgan fingerprint density at radius 2 is 2.15 bits per heavy atom.